The molecule has 2 aromatic rings. The first-order valence-corrected chi connectivity index (χ1v) is 11.5. The average Bonchev–Trinajstić information content (AvgIpc) is 3.55. The van der Waals surface area contributed by atoms with Gasteiger partial charge in [0.25, 0.3) is 0 Å². The molecule has 3 N–H and O–H groups in total. The molecule has 2 aliphatic carbocycles. The Bertz CT molecular complexity index is 1000. The van der Waals surface area contributed by atoms with Gasteiger partial charge in [0.05, 0.1) is 6.04 Å². The number of amides is 2. The quantitative estimate of drug-likeness (QED) is 0.635. The molecule has 0 bridgehead atoms. The van der Waals surface area contributed by atoms with Crippen molar-refractivity contribution in [3.8, 4) is 0 Å². The zero-order chi connectivity index (χ0) is 19.9. The third-order valence-electron chi connectivity index (χ3n) is 4.66. The molecule has 1 atom stereocenters. The number of thiazole rings is 1. The lowest BCUT2D eigenvalue weighted by Gasteiger charge is -2.17. The van der Waals surface area contributed by atoms with Gasteiger partial charge >= 0.3 is 6.03 Å². The average molecular weight is 425 g/mol. The van der Waals surface area contributed by atoms with Crippen LogP contribution in [-0.4, -0.2) is 25.5 Å². The molecule has 2 aliphatic rings. The standard InChI is InChI=1S/C18H21FN4O3S2/c1-10-9-27-17(20-10)16(11-2-3-11)22-18(24)21-13-6-7-14(19)15(8-13)28(25,26)23-12-4-5-12/h6-9,11-12,16,23H,2-5H2,1H3,(H2,21,22,24)/t16-/m0/s1. The van der Waals surface area contributed by atoms with E-state index in [9.17, 15) is 17.6 Å². The number of halogens is 1. The lowest BCUT2D eigenvalue weighted by Crippen LogP contribution is -2.33. The Hall–Kier alpha value is -2.04. The molecule has 2 saturated carbocycles. The highest BCUT2D eigenvalue weighted by atomic mass is 32.2. The van der Waals surface area contributed by atoms with Gasteiger partial charge in [-0.1, -0.05) is 0 Å². The van der Waals surface area contributed by atoms with Crippen molar-refractivity contribution >= 4 is 33.1 Å². The normalized spacial score (nSPS) is 17.9. The van der Waals surface area contributed by atoms with E-state index in [1.165, 1.54) is 17.4 Å². The van der Waals surface area contributed by atoms with E-state index in [0.29, 0.717) is 5.92 Å². The minimum atomic E-state index is -3.96. The lowest BCUT2D eigenvalue weighted by atomic mass is 10.2. The van der Waals surface area contributed by atoms with E-state index in [0.717, 1.165) is 48.5 Å². The van der Waals surface area contributed by atoms with Gasteiger partial charge in [-0.25, -0.2) is 27.3 Å². The van der Waals surface area contributed by atoms with E-state index in [1.54, 1.807) is 0 Å². The fourth-order valence-electron chi connectivity index (χ4n) is 2.91. The Kier molecular flexibility index (Phi) is 5.11. The van der Waals surface area contributed by atoms with Crippen LogP contribution < -0.4 is 15.4 Å². The van der Waals surface area contributed by atoms with Crippen molar-refractivity contribution in [2.45, 2.75) is 49.6 Å². The maximum absolute atomic E-state index is 14.1. The van der Waals surface area contributed by atoms with Gasteiger partial charge < -0.3 is 10.6 Å². The molecule has 10 heteroatoms. The van der Waals surface area contributed by atoms with Crippen molar-refractivity contribution < 1.29 is 17.6 Å². The van der Waals surface area contributed by atoms with Crippen LogP contribution >= 0.6 is 11.3 Å². The van der Waals surface area contributed by atoms with E-state index in [4.69, 9.17) is 0 Å². The molecular weight excluding hydrogens is 403 g/mol. The lowest BCUT2D eigenvalue weighted by molar-refractivity contribution is 0.247. The molecular formula is C18H21FN4O3S2. The Morgan fingerprint density at radius 2 is 2.04 bits per heavy atom. The molecule has 2 fully saturated rings. The van der Waals surface area contributed by atoms with Crippen molar-refractivity contribution in [2.24, 2.45) is 5.92 Å². The first-order valence-electron chi connectivity index (χ1n) is 9.13. The highest BCUT2D eigenvalue weighted by Crippen LogP contribution is 2.41. The van der Waals surface area contributed by atoms with Crippen LogP contribution in [0.2, 0.25) is 0 Å². The second-order valence-corrected chi connectivity index (χ2v) is 9.85. The number of aromatic nitrogens is 1. The number of hydrogen-bond acceptors (Lipinski definition) is 5. The second kappa shape index (κ2) is 7.41. The molecule has 1 aromatic carbocycles. The number of anilines is 1. The molecule has 0 radical (unpaired) electrons. The molecule has 150 valence electrons. The third kappa shape index (κ3) is 4.50. The molecule has 0 aliphatic heterocycles. The van der Waals surface area contributed by atoms with Crippen LogP contribution in [0, 0.1) is 18.7 Å². The Balaban J connectivity index is 1.47. The van der Waals surface area contributed by atoms with Crippen LogP contribution in [0.1, 0.15) is 42.4 Å². The predicted octanol–water partition coefficient (Wildman–Crippen LogP) is 3.30. The predicted molar refractivity (Wildman–Crippen MR) is 104 cm³/mol. The van der Waals surface area contributed by atoms with Crippen molar-refractivity contribution in [1.29, 1.82) is 0 Å². The molecule has 1 heterocycles. The Labute approximate surface area is 166 Å². The van der Waals surface area contributed by atoms with Crippen LogP contribution in [0.3, 0.4) is 0 Å². The maximum atomic E-state index is 14.1. The van der Waals surface area contributed by atoms with Crippen LogP contribution in [0.25, 0.3) is 0 Å². The fourth-order valence-corrected chi connectivity index (χ4v) is 5.25. The van der Waals surface area contributed by atoms with Crippen molar-refractivity contribution in [2.75, 3.05) is 5.32 Å². The summed E-state index contributed by atoms with van der Waals surface area (Å²) in [7, 11) is -3.96. The summed E-state index contributed by atoms with van der Waals surface area (Å²) in [5.41, 5.74) is 1.12. The summed E-state index contributed by atoms with van der Waals surface area (Å²) >= 11 is 1.50. The van der Waals surface area contributed by atoms with Crippen LogP contribution in [0.5, 0.6) is 0 Å². The number of aryl methyl sites for hydroxylation is 1. The zero-order valence-corrected chi connectivity index (χ0v) is 16.9. The molecule has 4 rings (SSSR count). The smallest absolute Gasteiger partial charge is 0.319 e. The number of hydrogen-bond donors (Lipinski definition) is 3. The van der Waals surface area contributed by atoms with Gasteiger partial charge in [0.2, 0.25) is 10.0 Å². The number of carbonyl (C=O) groups is 1. The van der Waals surface area contributed by atoms with Gasteiger partial charge in [-0.05, 0) is 56.7 Å². The molecule has 0 unspecified atom stereocenters. The summed E-state index contributed by atoms with van der Waals surface area (Å²) in [4.78, 5) is 16.5. The van der Waals surface area contributed by atoms with Gasteiger partial charge in [0, 0.05) is 22.8 Å². The summed E-state index contributed by atoms with van der Waals surface area (Å²) < 4.78 is 41.1. The fraction of sp³-hybridized carbons (Fsp3) is 0.444. The first kappa shape index (κ1) is 19.3. The van der Waals surface area contributed by atoms with E-state index in [-0.39, 0.29) is 17.8 Å². The molecule has 0 saturated heterocycles. The van der Waals surface area contributed by atoms with Crippen molar-refractivity contribution in [1.82, 2.24) is 15.0 Å². The van der Waals surface area contributed by atoms with Crippen LogP contribution in [0.15, 0.2) is 28.5 Å². The third-order valence-corrected chi connectivity index (χ3v) is 7.24. The van der Waals surface area contributed by atoms with Crippen LogP contribution in [0.4, 0.5) is 14.9 Å². The molecule has 7 nitrogen and oxygen atoms in total. The highest BCUT2D eigenvalue weighted by molar-refractivity contribution is 7.89. The van der Waals surface area contributed by atoms with Gasteiger partial charge in [-0.15, -0.1) is 11.3 Å². The van der Waals surface area contributed by atoms with Crippen molar-refractivity contribution in [3.05, 3.63) is 40.1 Å². The van der Waals surface area contributed by atoms with E-state index >= 15 is 0 Å². The minimum absolute atomic E-state index is 0.134. The Morgan fingerprint density at radius 3 is 2.64 bits per heavy atom. The number of nitrogens with zero attached hydrogens (tertiary/aromatic N) is 1. The van der Waals surface area contributed by atoms with E-state index in [2.05, 4.69) is 20.3 Å². The van der Waals surface area contributed by atoms with Gasteiger partial charge in [-0.2, -0.15) is 0 Å². The maximum Gasteiger partial charge on any atom is 0.319 e. The minimum Gasteiger partial charge on any atom is -0.328 e. The van der Waals surface area contributed by atoms with Gasteiger partial charge in [0.15, 0.2) is 0 Å². The van der Waals surface area contributed by atoms with Gasteiger partial charge in [-0.3, -0.25) is 0 Å². The van der Waals surface area contributed by atoms with Crippen LogP contribution in [-0.2, 0) is 10.0 Å². The number of nitrogens with one attached hydrogen (secondary N) is 3. The number of rotatable bonds is 7. The second-order valence-electron chi connectivity index (χ2n) is 7.28. The summed E-state index contributed by atoms with van der Waals surface area (Å²) in [6.45, 7) is 1.90. The number of benzene rings is 1. The molecule has 28 heavy (non-hydrogen) atoms. The summed E-state index contributed by atoms with van der Waals surface area (Å²) in [5, 5.41) is 8.31. The summed E-state index contributed by atoms with van der Waals surface area (Å²) in [6.07, 6.45) is 3.55. The van der Waals surface area contributed by atoms with E-state index in [1.807, 2.05) is 12.3 Å². The number of urea groups is 1. The number of carbonyl (C=O) groups excluding carboxylic acids is 1. The number of sulfonamides is 1. The zero-order valence-electron chi connectivity index (χ0n) is 15.2. The monoisotopic (exact) mass is 424 g/mol. The summed E-state index contributed by atoms with van der Waals surface area (Å²) in [5.74, 6) is -0.503. The molecule has 1 aromatic heterocycles. The Morgan fingerprint density at radius 1 is 1.29 bits per heavy atom. The summed E-state index contributed by atoms with van der Waals surface area (Å²) in [6, 6.07) is 2.73. The van der Waals surface area contributed by atoms with E-state index < -0.39 is 26.8 Å². The van der Waals surface area contributed by atoms with Crippen molar-refractivity contribution in [3.63, 3.8) is 0 Å². The largest absolute Gasteiger partial charge is 0.328 e. The van der Waals surface area contributed by atoms with Gasteiger partial charge in [0.1, 0.15) is 15.7 Å². The SMILES string of the molecule is Cc1csc([C@@H](NC(=O)Nc2ccc(F)c(S(=O)(=O)NC3CC3)c2)C2CC2)n1. The first-order chi connectivity index (χ1) is 13.3. The molecule has 0 spiro atoms. The molecule has 2 amide bonds. The topological polar surface area (TPSA) is 100 Å². The highest BCUT2D eigenvalue weighted by Gasteiger charge is 2.35.